The Morgan fingerprint density at radius 2 is 2.11 bits per heavy atom. The molecule has 6 nitrogen and oxygen atoms in total. The number of aryl methyl sites for hydroxylation is 1. The zero-order chi connectivity index (χ0) is 19.3. The first-order valence-corrected chi connectivity index (χ1v) is 10.2. The van der Waals surface area contributed by atoms with Crippen molar-refractivity contribution in [1.29, 1.82) is 0 Å². The molecule has 6 heteroatoms. The van der Waals surface area contributed by atoms with Crippen LogP contribution in [0.3, 0.4) is 0 Å². The standard InChI is InChI=1S/C22H28N4O2/c1-28-20-5-3-2-4-16(20)6-7-21(27)26-13-10-19-18(15-26)14-24-22(25-19)17-8-11-23-12-9-17/h2-5,14,17,23H,6-13,15H2,1H3. The number of carbonyl (C=O) groups excluding carboxylic acids is 1. The van der Waals surface area contributed by atoms with Gasteiger partial charge in [0, 0.05) is 43.6 Å². The lowest BCUT2D eigenvalue weighted by Gasteiger charge is -2.29. The molecule has 0 radical (unpaired) electrons. The Balaban J connectivity index is 1.37. The quantitative estimate of drug-likeness (QED) is 0.863. The number of rotatable bonds is 5. The van der Waals surface area contributed by atoms with E-state index in [1.807, 2.05) is 35.4 Å². The van der Waals surface area contributed by atoms with Crippen molar-refractivity contribution in [2.24, 2.45) is 0 Å². The third kappa shape index (κ3) is 4.17. The average molecular weight is 380 g/mol. The van der Waals surface area contributed by atoms with Crippen LogP contribution in [0.1, 0.15) is 47.8 Å². The largest absolute Gasteiger partial charge is 0.496 e. The van der Waals surface area contributed by atoms with Crippen LogP contribution in [0.2, 0.25) is 0 Å². The zero-order valence-corrected chi connectivity index (χ0v) is 16.5. The number of aromatic nitrogens is 2. The highest BCUT2D eigenvalue weighted by atomic mass is 16.5. The van der Waals surface area contributed by atoms with Gasteiger partial charge in [-0.05, 0) is 44.0 Å². The van der Waals surface area contributed by atoms with E-state index in [1.54, 1.807) is 7.11 Å². The molecule has 0 spiro atoms. The molecular weight excluding hydrogens is 352 g/mol. The highest BCUT2D eigenvalue weighted by Crippen LogP contribution is 2.25. The number of carbonyl (C=O) groups is 1. The van der Waals surface area contributed by atoms with Crippen molar-refractivity contribution in [2.45, 2.75) is 44.6 Å². The summed E-state index contributed by atoms with van der Waals surface area (Å²) in [7, 11) is 1.67. The van der Waals surface area contributed by atoms with Crippen molar-refractivity contribution < 1.29 is 9.53 Å². The van der Waals surface area contributed by atoms with Gasteiger partial charge in [-0.1, -0.05) is 18.2 Å². The monoisotopic (exact) mass is 380 g/mol. The summed E-state index contributed by atoms with van der Waals surface area (Å²) in [6, 6.07) is 7.89. The van der Waals surface area contributed by atoms with Crippen LogP contribution >= 0.6 is 0 Å². The van der Waals surface area contributed by atoms with Crippen LogP contribution in [0.25, 0.3) is 0 Å². The van der Waals surface area contributed by atoms with E-state index in [2.05, 4.69) is 10.3 Å². The fourth-order valence-electron chi connectivity index (χ4n) is 4.13. The fraction of sp³-hybridized carbons (Fsp3) is 0.500. The predicted octanol–water partition coefficient (Wildman–Crippen LogP) is 2.47. The van der Waals surface area contributed by atoms with Gasteiger partial charge >= 0.3 is 0 Å². The van der Waals surface area contributed by atoms with Crippen LogP contribution < -0.4 is 10.1 Å². The van der Waals surface area contributed by atoms with Crippen molar-refractivity contribution in [3.63, 3.8) is 0 Å². The summed E-state index contributed by atoms with van der Waals surface area (Å²) in [6.45, 7) is 3.44. The molecule has 148 valence electrons. The normalized spacial score (nSPS) is 17.2. The number of para-hydroxylation sites is 1. The molecule has 1 aromatic heterocycles. The number of nitrogens with zero attached hydrogens (tertiary/aromatic N) is 3. The lowest BCUT2D eigenvalue weighted by Crippen LogP contribution is -2.37. The zero-order valence-electron chi connectivity index (χ0n) is 16.5. The lowest BCUT2D eigenvalue weighted by molar-refractivity contribution is -0.132. The first kappa shape index (κ1) is 18.9. The second-order valence-electron chi connectivity index (χ2n) is 7.60. The van der Waals surface area contributed by atoms with E-state index in [4.69, 9.17) is 9.72 Å². The second kappa shape index (κ2) is 8.69. The van der Waals surface area contributed by atoms with Gasteiger partial charge in [0.25, 0.3) is 0 Å². The minimum Gasteiger partial charge on any atom is -0.496 e. The predicted molar refractivity (Wildman–Crippen MR) is 107 cm³/mol. The number of ether oxygens (including phenoxy) is 1. The van der Waals surface area contributed by atoms with Crippen molar-refractivity contribution >= 4 is 5.91 Å². The summed E-state index contributed by atoms with van der Waals surface area (Å²) < 4.78 is 5.39. The number of hydrogen-bond donors (Lipinski definition) is 1. The third-order valence-electron chi connectivity index (χ3n) is 5.81. The van der Waals surface area contributed by atoms with Crippen molar-refractivity contribution in [2.75, 3.05) is 26.7 Å². The number of fused-ring (bicyclic) bond motifs is 1. The molecule has 1 N–H and O–H groups in total. The van der Waals surface area contributed by atoms with E-state index in [0.29, 0.717) is 25.3 Å². The minimum absolute atomic E-state index is 0.180. The Bertz CT molecular complexity index is 833. The minimum atomic E-state index is 0.180. The number of benzene rings is 1. The summed E-state index contributed by atoms with van der Waals surface area (Å²) in [5.41, 5.74) is 3.29. The van der Waals surface area contributed by atoms with E-state index in [0.717, 1.165) is 67.3 Å². The summed E-state index contributed by atoms with van der Waals surface area (Å²) in [4.78, 5) is 24.2. The van der Waals surface area contributed by atoms with Crippen LogP contribution in [0.5, 0.6) is 5.75 Å². The van der Waals surface area contributed by atoms with Crippen molar-refractivity contribution in [1.82, 2.24) is 20.2 Å². The van der Waals surface area contributed by atoms with Crippen LogP contribution in [-0.2, 0) is 24.2 Å². The first-order chi connectivity index (χ1) is 13.7. The molecule has 4 rings (SSSR count). The molecule has 2 aromatic rings. The maximum atomic E-state index is 12.7. The molecular formula is C22H28N4O2. The molecule has 0 atom stereocenters. The Hall–Kier alpha value is -2.47. The number of amides is 1. The van der Waals surface area contributed by atoms with Crippen molar-refractivity contribution in [3.05, 3.63) is 53.1 Å². The number of nitrogens with one attached hydrogen (secondary N) is 1. The summed E-state index contributed by atoms with van der Waals surface area (Å²) >= 11 is 0. The Morgan fingerprint density at radius 1 is 1.29 bits per heavy atom. The van der Waals surface area contributed by atoms with Gasteiger partial charge in [0.2, 0.25) is 5.91 Å². The molecule has 0 saturated carbocycles. The summed E-state index contributed by atoms with van der Waals surface area (Å²) in [5.74, 6) is 2.47. The van der Waals surface area contributed by atoms with Crippen LogP contribution in [0, 0.1) is 0 Å². The molecule has 2 aliphatic rings. The number of methoxy groups -OCH3 is 1. The second-order valence-corrected chi connectivity index (χ2v) is 7.60. The molecule has 1 amide bonds. The van der Waals surface area contributed by atoms with Gasteiger partial charge in [-0.3, -0.25) is 4.79 Å². The Labute approximate surface area is 166 Å². The molecule has 0 aliphatic carbocycles. The molecule has 0 bridgehead atoms. The van der Waals surface area contributed by atoms with E-state index in [1.165, 1.54) is 0 Å². The highest BCUT2D eigenvalue weighted by Gasteiger charge is 2.24. The van der Waals surface area contributed by atoms with Gasteiger partial charge < -0.3 is 15.0 Å². The molecule has 1 fully saturated rings. The van der Waals surface area contributed by atoms with E-state index >= 15 is 0 Å². The molecule has 3 heterocycles. The Morgan fingerprint density at radius 3 is 2.93 bits per heavy atom. The van der Waals surface area contributed by atoms with Gasteiger partial charge in [-0.2, -0.15) is 0 Å². The van der Waals surface area contributed by atoms with Gasteiger partial charge in [0.1, 0.15) is 11.6 Å². The molecule has 2 aliphatic heterocycles. The number of piperidine rings is 1. The first-order valence-electron chi connectivity index (χ1n) is 10.2. The molecule has 28 heavy (non-hydrogen) atoms. The van der Waals surface area contributed by atoms with Gasteiger partial charge in [0.05, 0.1) is 12.8 Å². The molecule has 1 aromatic carbocycles. The molecule has 1 saturated heterocycles. The van der Waals surface area contributed by atoms with Crippen LogP contribution in [0.4, 0.5) is 0 Å². The topological polar surface area (TPSA) is 67.3 Å². The lowest BCUT2D eigenvalue weighted by atomic mass is 9.96. The maximum absolute atomic E-state index is 12.7. The number of hydrogen-bond acceptors (Lipinski definition) is 5. The van der Waals surface area contributed by atoms with E-state index in [-0.39, 0.29) is 5.91 Å². The summed E-state index contributed by atoms with van der Waals surface area (Å²) in [5, 5.41) is 3.39. The van der Waals surface area contributed by atoms with Crippen LogP contribution in [-0.4, -0.2) is 47.5 Å². The average Bonchev–Trinajstić information content (AvgIpc) is 2.77. The third-order valence-corrected chi connectivity index (χ3v) is 5.81. The summed E-state index contributed by atoms with van der Waals surface area (Å²) in [6.07, 6.45) is 6.15. The molecule has 0 unspecified atom stereocenters. The van der Waals surface area contributed by atoms with E-state index < -0.39 is 0 Å². The fourth-order valence-corrected chi connectivity index (χ4v) is 4.13. The smallest absolute Gasteiger partial charge is 0.223 e. The Kier molecular flexibility index (Phi) is 5.86. The van der Waals surface area contributed by atoms with E-state index in [9.17, 15) is 4.79 Å². The highest BCUT2D eigenvalue weighted by molar-refractivity contribution is 5.76. The maximum Gasteiger partial charge on any atom is 0.223 e. The van der Waals surface area contributed by atoms with Gasteiger partial charge in [-0.15, -0.1) is 0 Å². The SMILES string of the molecule is COc1ccccc1CCC(=O)N1CCc2nc(C3CCNCC3)ncc2C1. The van der Waals surface area contributed by atoms with Crippen molar-refractivity contribution in [3.8, 4) is 5.75 Å². The van der Waals surface area contributed by atoms with Gasteiger partial charge in [0.15, 0.2) is 0 Å². The van der Waals surface area contributed by atoms with Crippen LogP contribution in [0.15, 0.2) is 30.5 Å². The van der Waals surface area contributed by atoms with Gasteiger partial charge in [-0.25, -0.2) is 9.97 Å².